The number of rotatable bonds is 5. The minimum absolute atomic E-state index is 0.0174. The molecule has 1 aliphatic rings. The van der Waals surface area contributed by atoms with Crippen LogP contribution in [-0.4, -0.2) is 59.1 Å². The highest BCUT2D eigenvalue weighted by atomic mass is 32.2. The number of carbonyl (C=O) groups is 1. The summed E-state index contributed by atoms with van der Waals surface area (Å²) in [5, 5.41) is 9.34. The van der Waals surface area contributed by atoms with Gasteiger partial charge < -0.3 is 14.8 Å². The molecular weight excluding hydrogens is 429 g/mol. The fourth-order valence-electron chi connectivity index (χ4n) is 3.48. The lowest BCUT2D eigenvalue weighted by Crippen LogP contribution is -2.44. The molecule has 0 bridgehead atoms. The summed E-state index contributed by atoms with van der Waals surface area (Å²) in [5.74, 6) is 0.0393. The Morgan fingerprint density at radius 3 is 2.81 bits per heavy atom. The van der Waals surface area contributed by atoms with Crippen LogP contribution in [-0.2, 0) is 10.2 Å². The van der Waals surface area contributed by atoms with Gasteiger partial charge in [0.15, 0.2) is 0 Å². The molecule has 0 saturated carbocycles. The summed E-state index contributed by atoms with van der Waals surface area (Å²) in [6, 6.07) is 5.98. The molecule has 1 aromatic carbocycles. The molecule has 0 atom stereocenters. The van der Waals surface area contributed by atoms with Gasteiger partial charge in [-0.25, -0.2) is 23.9 Å². The van der Waals surface area contributed by atoms with Gasteiger partial charge in [0, 0.05) is 29.7 Å². The zero-order valence-electron chi connectivity index (χ0n) is 16.3. The van der Waals surface area contributed by atoms with Crippen molar-refractivity contribution >= 4 is 32.9 Å². The zero-order chi connectivity index (χ0) is 22.2. The van der Waals surface area contributed by atoms with Crippen molar-refractivity contribution in [2.24, 2.45) is 0 Å². The molecule has 162 valence electrons. The molecule has 0 unspecified atom stereocenters. The summed E-state index contributed by atoms with van der Waals surface area (Å²) in [4.78, 5) is 22.4. The minimum Gasteiger partial charge on any atom is -0.496 e. The van der Waals surface area contributed by atoms with E-state index >= 15 is 0 Å². The van der Waals surface area contributed by atoms with Crippen LogP contribution in [0.5, 0.6) is 5.75 Å². The van der Waals surface area contributed by atoms with E-state index in [1.165, 1.54) is 36.4 Å². The van der Waals surface area contributed by atoms with Crippen LogP contribution in [0.4, 0.5) is 9.18 Å². The summed E-state index contributed by atoms with van der Waals surface area (Å²) in [6.45, 7) is 0.129. The number of hydrogen-bond donors (Lipinski definition) is 3. The Labute approximate surface area is 176 Å². The van der Waals surface area contributed by atoms with Gasteiger partial charge in [0.25, 0.3) is 0 Å². The quantitative estimate of drug-likeness (QED) is 0.546. The Morgan fingerprint density at radius 2 is 2.13 bits per heavy atom. The van der Waals surface area contributed by atoms with E-state index in [1.807, 2.05) is 6.07 Å². The van der Waals surface area contributed by atoms with Crippen LogP contribution in [0.2, 0.25) is 0 Å². The monoisotopic (exact) mass is 447 g/mol. The van der Waals surface area contributed by atoms with E-state index in [4.69, 9.17) is 9.84 Å². The number of aromatic nitrogens is 3. The van der Waals surface area contributed by atoms with Gasteiger partial charge in [-0.05, 0) is 36.3 Å². The molecule has 0 saturated heterocycles. The first-order valence-electron chi connectivity index (χ1n) is 9.16. The number of fused-ring (bicyclic) bond motifs is 1. The molecule has 12 heteroatoms. The first-order valence-corrected chi connectivity index (χ1v) is 10.6. The normalized spacial score (nSPS) is 15.0. The summed E-state index contributed by atoms with van der Waals surface area (Å²) in [7, 11) is -2.62. The van der Waals surface area contributed by atoms with E-state index in [2.05, 4.69) is 15.0 Å². The second-order valence-electron chi connectivity index (χ2n) is 6.76. The minimum atomic E-state index is -4.11. The molecular formula is C19H18FN5O5S. The van der Waals surface area contributed by atoms with Crippen molar-refractivity contribution in [1.29, 1.82) is 0 Å². The molecule has 2 aromatic heterocycles. The van der Waals surface area contributed by atoms with E-state index in [0.717, 1.165) is 15.6 Å². The third kappa shape index (κ3) is 4.07. The van der Waals surface area contributed by atoms with Gasteiger partial charge in [0.2, 0.25) is 0 Å². The summed E-state index contributed by atoms with van der Waals surface area (Å²) in [6.07, 6.45) is 1.79. The van der Waals surface area contributed by atoms with E-state index < -0.39 is 22.1 Å². The lowest BCUT2D eigenvalue weighted by atomic mass is 10.0. The molecule has 1 aliphatic heterocycles. The maximum atomic E-state index is 13.9. The molecule has 3 aromatic rings. The second-order valence-corrected chi connectivity index (χ2v) is 8.43. The molecule has 31 heavy (non-hydrogen) atoms. The molecule has 0 fully saturated rings. The first-order chi connectivity index (χ1) is 14.8. The van der Waals surface area contributed by atoms with Gasteiger partial charge in [-0.1, -0.05) is 6.08 Å². The van der Waals surface area contributed by atoms with Crippen LogP contribution in [0.15, 0.2) is 36.7 Å². The number of carboxylic acid groups (broad SMARTS) is 1. The Kier molecular flexibility index (Phi) is 5.33. The fraction of sp³-hybridized carbons (Fsp3) is 0.211. The van der Waals surface area contributed by atoms with Crippen molar-refractivity contribution in [2.45, 2.75) is 6.42 Å². The van der Waals surface area contributed by atoms with Gasteiger partial charge in [0.1, 0.15) is 23.5 Å². The molecule has 0 radical (unpaired) electrons. The predicted molar refractivity (Wildman–Crippen MR) is 110 cm³/mol. The number of benzene rings is 1. The van der Waals surface area contributed by atoms with E-state index in [0.29, 0.717) is 34.5 Å². The highest BCUT2D eigenvalue weighted by Crippen LogP contribution is 2.35. The Hall–Kier alpha value is -3.51. The van der Waals surface area contributed by atoms with Gasteiger partial charge in [0.05, 0.1) is 12.8 Å². The highest BCUT2D eigenvalue weighted by Gasteiger charge is 2.26. The number of amides is 1. The topological polar surface area (TPSA) is 138 Å². The Morgan fingerprint density at radius 1 is 1.32 bits per heavy atom. The van der Waals surface area contributed by atoms with E-state index in [-0.39, 0.29) is 13.1 Å². The van der Waals surface area contributed by atoms with Crippen LogP contribution < -0.4 is 9.46 Å². The van der Waals surface area contributed by atoms with Crippen molar-refractivity contribution < 1.29 is 27.4 Å². The molecule has 4 rings (SSSR count). The number of H-pyrrole nitrogens is 1. The van der Waals surface area contributed by atoms with Crippen LogP contribution in [0.1, 0.15) is 12.1 Å². The van der Waals surface area contributed by atoms with Gasteiger partial charge in [-0.3, -0.25) is 0 Å². The van der Waals surface area contributed by atoms with Crippen molar-refractivity contribution in [2.75, 3.05) is 20.2 Å². The number of methoxy groups -OCH3 is 1. The number of nitrogens with zero attached hydrogens (tertiary/aromatic N) is 3. The largest absolute Gasteiger partial charge is 0.496 e. The SMILES string of the molecule is COc1ccc(F)cc1-c1ncnc2[nH]c(C3=CCN(S(=O)(=O)NC(=O)O)CC3)cc12. The van der Waals surface area contributed by atoms with Crippen LogP contribution in [0.25, 0.3) is 27.9 Å². The van der Waals surface area contributed by atoms with Crippen molar-refractivity contribution in [3.05, 3.63) is 48.2 Å². The van der Waals surface area contributed by atoms with Gasteiger partial charge in [-0.2, -0.15) is 12.7 Å². The first kappa shape index (κ1) is 20.8. The molecule has 0 spiro atoms. The number of nitrogens with one attached hydrogen (secondary N) is 2. The van der Waals surface area contributed by atoms with Crippen LogP contribution >= 0.6 is 0 Å². The lowest BCUT2D eigenvalue weighted by Gasteiger charge is -2.24. The second kappa shape index (κ2) is 7.96. The number of hydrogen-bond acceptors (Lipinski definition) is 6. The van der Waals surface area contributed by atoms with Gasteiger partial charge >= 0.3 is 16.3 Å². The smallest absolute Gasteiger partial charge is 0.419 e. The van der Waals surface area contributed by atoms with Crippen molar-refractivity contribution in [1.82, 2.24) is 24.0 Å². The molecule has 1 amide bonds. The molecule has 3 N–H and O–H groups in total. The predicted octanol–water partition coefficient (Wildman–Crippen LogP) is 2.37. The Balaban J connectivity index is 1.68. The van der Waals surface area contributed by atoms with E-state index in [9.17, 15) is 17.6 Å². The average molecular weight is 447 g/mol. The third-order valence-electron chi connectivity index (χ3n) is 4.92. The van der Waals surface area contributed by atoms with Crippen LogP contribution in [0, 0.1) is 5.82 Å². The maximum Gasteiger partial charge on any atom is 0.419 e. The van der Waals surface area contributed by atoms with Crippen molar-refractivity contribution in [3.8, 4) is 17.0 Å². The highest BCUT2D eigenvalue weighted by molar-refractivity contribution is 7.87. The molecule has 3 heterocycles. The fourth-order valence-corrected chi connectivity index (χ4v) is 4.43. The number of ether oxygens (including phenoxy) is 1. The van der Waals surface area contributed by atoms with E-state index in [1.54, 1.807) is 6.08 Å². The maximum absolute atomic E-state index is 13.9. The molecule has 10 nitrogen and oxygen atoms in total. The zero-order valence-corrected chi connectivity index (χ0v) is 17.1. The number of aromatic amines is 1. The standard InChI is InChI=1S/C19H18FN5O5S/c1-30-16-3-2-12(20)8-13(16)17-14-9-15(23-18(14)22-10-21-17)11-4-6-25(7-5-11)31(28,29)24-19(26)27/h2-4,8-10,24H,5-7H2,1H3,(H,26,27)(H,21,22,23). The average Bonchev–Trinajstić information content (AvgIpc) is 3.17. The van der Waals surface area contributed by atoms with Crippen molar-refractivity contribution in [3.63, 3.8) is 0 Å². The van der Waals surface area contributed by atoms with Gasteiger partial charge in [-0.15, -0.1) is 0 Å². The number of halogens is 1. The lowest BCUT2D eigenvalue weighted by molar-refractivity contribution is 0.200. The van der Waals surface area contributed by atoms with Crippen LogP contribution in [0.3, 0.4) is 0 Å². The Bertz CT molecular complexity index is 1300. The summed E-state index contributed by atoms with van der Waals surface area (Å²) >= 11 is 0. The summed E-state index contributed by atoms with van der Waals surface area (Å²) in [5.41, 5.74) is 3.08. The third-order valence-corrected chi connectivity index (χ3v) is 6.36. The summed E-state index contributed by atoms with van der Waals surface area (Å²) < 4.78 is 45.8. The molecule has 0 aliphatic carbocycles.